The first-order valence-electron chi connectivity index (χ1n) is 6.14. The summed E-state index contributed by atoms with van der Waals surface area (Å²) in [5.74, 6) is -0.207. The molecule has 0 atom stereocenters. The molecule has 0 saturated carbocycles. The standard InChI is InChI=1S/C15H12ClNO4/c1-10(18)15-13(16)7-12(8-14(15)17(19)20)21-9-11-5-3-2-4-6-11/h2-8H,9H2,1H3. The van der Waals surface area contributed by atoms with Gasteiger partial charge in [-0.05, 0) is 12.5 Å². The number of Topliss-reactive ketones (excluding diaryl/α,β-unsaturated/α-hetero) is 1. The van der Waals surface area contributed by atoms with Crippen LogP contribution in [0.25, 0.3) is 0 Å². The summed E-state index contributed by atoms with van der Waals surface area (Å²) in [5.41, 5.74) is 0.471. The fraction of sp³-hybridized carbons (Fsp3) is 0.133. The van der Waals surface area contributed by atoms with Gasteiger partial charge in [0.15, 0.2) is 5.78 Å². The Kier molecular flexibility index (Phi) is 4.55. The van der Waals surface area contributed by atoms with Crippen molar-refractivity contribution in [1.82, 2.24) is 0 Å². The lowest BCUT2D eigenvalue weighted by atomic mass is 10.1. The molecule has 0 N–H and O–H groups in total. The minimum Gasteiger partial charge on any atom is -0.489 e. The van der Waals surface area contributed by atoms with Gasteiger partial charge in [0.25, 0.3) is 5.69 Å². The molecule has 0 radical (unpaired) electrons. The van der Waals surface area contributed by atoms with Crippen molar-refractivity contribution in [1.29, 1.82) is 0 Å². The van der Waals surface area contributed by atoms with Gasteiger partial charge in [-0.3, -0.25) is 14.9 Å². The lowest BCUT2D eigenvalue weighted by Crippen LogP contribution is -2.03. The molecule has 0 aliphatic heterocycles. The third kappa shape index (κ3) is 3.58. The minimum atomic E-state index is -0.641. The molecule has 2 rings (SSSR count). The zero-order chi connectivity index (χ0) is 15.4. The summed E-state index contributed by atoms with van der Waals surface area (Å²) < 4.78 is 5.50. The van der Waals surface area contributed by atoms with E-state index >= 15 is 0 Å². The topological polar surface area (TPSA) is 69.4 Å². The Balaban J connectivity index is 2.29. The maximum absolute atomic E-state index is 11.5. The second-order valence-corrected chi connectivity index (χ2v) is 4.79. The van der Waals surface area contributed by atoms with Gasteiger partial charge in [0.05, 0.1) is 16.0 Å². The van der Waals surface area contributed by atoms with Crippen LogP contribution in [-0.4, -0.2) is 10.7 Å². The summed E-state index contributed by atoms with van der Waals surface area (Å²) >= 11 is 5.95. The SMILES string of the molecule is CC(=O)c1c(Cl)cc(OCc2ccccc2)cc1[N+](=O)[O-]. The molecule has 0 aliphatic rings. The molecule has 0 heterocycles. The highest BCUT2D eigenvalue weighted by atomic mass is 35.5. The first-order chi connectivity index (χ1) is 9.99. The summed E-state index contributed by atoms with van der Waals surface area (Å²) in [7, 11) is 0. The second kappa shape index (κ2) is 6.37. The van der Waals surface area contributed by atoms with E-state index in [4.69, 9.17) is 16.3 Å². The average Bonchev–Trinajstić information content (AvgIpc) is 2.45. The zero-order valence-corrected chi connectivity index (χ0v) is 12.0. The molecule has 5 nitrogen and oxygen atoms in total. The first-order valence-corrected chi connectivity index (χ1v) is 6.52. The fourth-order valence-electron chi connectivity index (χ4n) is 1.88. The van der Waals surface area contributed by atoms with Crippen LogP contribution in [0.5, 0.6) is 5.75 Å². The van der Waals surface area contributed by atoms with Crippen LogP contribution in [-0.2, 0) is 6.61 Å². The van der Waals surface area contributed by atoms with Crippen molar-refractivity contribution in [3.8, 4) is 5.75 Å². The number of carbonyl (C=O) groups is 1. The maximum Gasteiger partial charge on any atom is 0.285 e. The zero-order valence-electron chi connectivity index (χ0n) is 11.2. The molecule has 2 aromatic carbocycles. The number of rotatable bonds is 5. The summed E-state index contributed by atoms with van der Waals surface area (Å²) in [4.78, 5) is 21.9. The van der Waals surface area contributed by atoms with Crippen molar-refractivity contribution in [3.63, 3.8) is 0 Å². The molecule has 21 heavy (non-hydrogen) atoms. The van der Waals surface area contributed by atoms with Gasteiger partial charge in [-0.25, -0.2) is 0 Å². The van der Waals surface area contributed by atoms with Crippen molar-refractivity contribution in [3.05, 3.63) is 68.7 Å². The number of nitro groups is 1. The van der Waals surface area contributed by atoms with E-state index in [2.05, 4.69) is 0 Å². The molecule has 0 saturated heterocycles. The number of halogens is 1. The second-order valence-electron chi connectivity index (χ2n) is 4.39. The lowest BCUT2D eigenvalue weighted by Gasteiger charge is -2.09. The summed E-state index contributed by atoms with van der Waals surface area (Å²) in [6, 6.07) is 12.0. The largest absolute Gasteiger partial charge is 0.489 e. The highest BCUT2D eigenvalue weighted by molar-refractivity contribution is 6.34. The summed E-state index contributed by atoms with van der Waals surface area (Å²) in [5, 5.41) is 11.1. The molecular formula is C15H12ClNO4. The van der Waals surface area contributed by atoms with Gasteiger partial charge in [0.2, 0.25) is 0 Å². The van der Waals surface area contributed by atoms with Crippen molar-refractivity contribution in [2.45, 2.75) is 13.5 Å². The normalized spacial score (nSPS) is 10.2. The predicted octanol–water partition coefficient (Wildman–Crippen LogP) is 4.03. The molecule has 0 aromatic heterocycles. The van der Waals surface area contributed by atoms with Crippen LogP contribution in [0.4, 0.5) is 5.69 Å². The van der Waals surface area contributed by atoms with E-state index in [1.807, 2.05) is 30.3 Å². The smallest absolute Gasteiger partial charge is 0.285 e. The van der Waals surface area contributed by atoms with Gasteiger partial charge in [-0.15, -0.1) is 0 Å². The summed E-state index contributed by atoms with van der Waals surface area (Å²) in [6.07, 6.45) is 0. The summed E-state index contributed by atoms with van der Waals surface area (Å²) in [6.45, 7) is 1.49. The third-order valence-electron chi connectivity index (χ3n) is 2.84. The molecule has 0 spiro atoms. The van der Waals surface area contributed by atoms with Gasteiger partial charge in [-0.1, -0.05) is 41.9 Å². The van der Waals surface area contributed by atoms with Crippen LogP contribution in [0.15, 0.2) is 42.5 Å². The van der Waals surface area contributed by atoms with Gasteiger partial charge >= 0.3 is 0 Å². The maximum atomic E-state index is 11.5. The number of nitrogens with zero attached hydrogens (tertiary/aromatic N) is 1. The Bertz CT molecular complexity index is 686. The quantitative estimate of drug-likeness (QED) is 0.475. The van der Waals surface area contributed by atoms with E-state index in [9.17, 15) is 14.9 Å². The number of ketones is 1. The Morgan fingerprint density at radius 1 is 1.29 bits per heavy atom. The fourth-order valence-corrected chi connectivity index (χ4v) is 2.22. The molecule has 0 amide bonds. The van der Waals surface area contributed by atoms with Gasteiger partial charge in [0, 0.05) is 6.07 Å². The number of hydrogen-bond donors (Lipinski definition) is 0. The Labute approximate surface area is 126 Å². The average molecular weight is 306 g/mol. The number of benzene rings is 2. The number of ether oxygens (including phenoxy) is 1. The van der Waals surface area contributed by atoms with Crippen molar-refractivity contribution in [2.75, 3.05) is 0 Å². The first kappa shape index (κ1) is 15.0. The molecule has 0 fully saturated rings. The number of hydrogen-bond acceptors (Lipinski definition) is 4. The number of carbonyl (C=O) groups excluding carboxylic acids is 1. The Morgan fingerprint density at radius 2 is 1.95 bits per heavy atom. The van der Waals surface area contributed by atoms with Crippen molar-refractivity contribution < 1.29 is 14.5 Å². The molecular weight excluding hydrogens is 294 g/mol. The molecule has 108 valence electrons. The van der Waals surface area contributed by atoms with Gasteiger partial charge in [-0.2, -0.15) is 0 Å². The van der Waals surface area contributed by atoms with E-state index in [0.717, 1.165) is 5.56 Å². The van der Waals surface area contributed by atoms with Gasteiger partial charge in [0.1, 0.15) is 17.9 Å². The Hall–Kier alpha value is -2.40. The van der Waals surface area contributed by atoms with Crippen LogP contribution >= 0.6 is 11.6 Å². The minimum absolute atomic E-state index is 0.0137. The van der Waals surface area contributed by atoms with E-state index in [1.165, 1.54) is 19.1 Å². The number of nitro benzene ring substituents is 1. The van der Waals surface area contributed by atoms with Crippen LogP contribution < -0.4 is 4.74 Å². The molecule has 0 unspecified atom stereocenters. The van der Waals surface area contributed by atoms with E-state index in [0.29, 0.717) is 0 Å². The van der Waals surface area contributed by atoms with Gasteiger partial charge < -0.3 is 4.74 Å². The molecule has 0 bridgehead atoms. The molecule has 2 aromatic rings. The van der Waals surface area contributed by atoms with Crippen molar-refractivity contribution in [2.24, 2.45) is 0 Å². The van der Waals surface area contributed by atoms with Crippen LogP contribution in [0, 0.1) is 10.1 Å². The van der Waals surface area contributed by atoms with E-state index in [-0.39, 0.29) is 28.6 Å². The van der Waals surface area contributed by atoms with Crippen molar-refractivity contribution >= 4 is 23.1 Å². The Morgan fingerprint density at radius 3 is 2.52 bits per heavy atom. The van der Waals surface area contributed by atoms with E-state index in [1.54, 1.807) is 0 Å². The van der Waals surface area contributed by atoms with Crippen LogP contribution in [0.2, 0.25) is 5.02 Å². The molecule has 6 heteroatoms. The highest BCUT2D eigenvalue weighted by Crippen LogP contribution is 2.32. The van der Waals surface area contributed by atoms with E-state index < -0.39 is 10.7 Å². The molecule has 0 aliphatic carbocycles. The van der Waals surface area contributed by atoms with Crippen LogP contribution in [0.3, 0.4) is 0 Å². The lowest BCUT2D eigenvalue weighted by molar-refractivity contribution is -0.385. The monoisotopic (exact) mass is 305 g/mol. The highest BCUT2D eigenvalue weighted by Gasteiger charge is 2.22. The predicted molar refractivity (Wildman–Crippen MR) is 78.9 cm³/mol. The van der Waals surface area contributed by atoms with Crippen LogP contribution in [0.1, 0.15) is 22.8 Å². The third-order valence-corrected chi connectivity index (χ3v) is 3.14.